The van der Waals surface area contributed by atoms with Gasteiger partial charge in [0.1, 0.15) is 0 Å². The molecule has 0 bridgehead atoms. The summed E-state index contributed by atoms with van der Waals surface area (Å²) in [5, 5.41) is 0. The van der Waals surface area contributed by atoms with E-state index in [9.17, 15) is 9.59 Å². The predicted molar refractivity (Wildman–Crippen MR) is 276 cm³/mol. The zero-order valence-corrected chi connectivity index (χ0v) is 46.8. The molecule has 14 atom stereocenters. The van der Waals surface area contributed by atoms with Crippen LogP contribution in [0.5, 0.6) is 0 Å². The number of ether oxygens (including phenoxy) is 2. The Balaban J connectivity index is 1.08. The van der Waals surface area contributed by atoms with E-state index in [0.29, 0.717) is 51.4 Å². The van der Waals surface area contributed by atoms with Crippen molar-refractivity contribution < 1.29 is 43.0 Å². The van der Waals surface area contributed by atoms with E-state index in [1.807, 2.05) is 52.0 Å². The molecule has 10 aliphatic carbocycles. The fraction of sp³-hybridized carbons (Fsp3) is 0.762. The minimum Gasteiger partial charge on any atom is -0.469 e. The van der Waals surface area contributed by atoms with Gasteiger partial charge in [0, 0.05) is 33.5 Å². The van der Waals surface area contributed by atoms with Gasteiger partial charge < -0.3 is 9.47 Å². The van der Waals surface area contributed by atoms with E-state index in [4.69, 9.17) is 9.47 Å². The Bertz CT molecular complexity index is 2490. The highest BCUT2D eigenvalue weighted by Crippen LogP contribution is 2.77. The monoisotopic (exact) mass is 987 g/mol. The summed E-state index contributed by atoms with van der Waals surface area (Å²) < 4.78 is 11.1. The van der Waals surface area contributed by atoms with E-state index >= 15 is 24.0 Å². The highest BCUT2D eigenvalue weighted by Gasteiger charge is 2.74. The van der Waals surface area contributed by atoms with Crippen molar-refractivity contribution >= 4 is 40.9 Å². The number of Topliss-reactive ketones (excluding diaryl/α,β-unsaturated/α-hetero) is 3. The van der Waals surface area contributed by atoms with Gasteiger partial charge in [-0.25, -0.2) is 0 Å². The quantitative estimate of drug-likeness (QED) is 0.199. The van der Waals surface area contributed by atoms with Gasteiger partial charge >= 0.3 is 11.9 Å². The number of allylic oxidation sites excluding steroid dienone is 8. The van der Waals surface area contributed by atoms with Crippen molar-refractivity contribution in [3.8, 4) is 0 Å². The highest BCUT2D eigenvalue weighted by atomic mass is 16.5. The van der Waals surface area contributed by atoms with Crippen molar-refractivity contribution in [1.29, 1.82) is 0 Å². The van der Waals surface area contributed by atoms with Gasteiger partial charge in [0.25, 0.3) is 0 Å². The average Bonchev–Trinajstić information content (AvgIpc) is 3.29. The van der Waals surface area contributed by atoms with Crippen LogP contribution in [0.25, 0.3) is 0 Å². The van der Waals surface area contributed by atoms with Gasteiger partial charge in [0.15, 0.2) is 28.9 Å². The number of fused-ring (bicyclic) bond motifs is 14. The predicted octanol–water partition coefficient (Wildman–Crippen LogP) is 12.3. The number of ketones is 5. The van der Waals surface area contributed by atoms with Crippen LogP contribution < -0.4 is 0 Å². The van der Waals surface area contributed by atoms with E-state index < -0.39 is 59.9 Å². The van der Waals surface area contributed by atoms with Crippen LogP contribution in [0.3, 0.4) is 0 Å². The fourth-order valence-electron chi connectivity index (χ4n) is 20.7. The molecule has 0 aromatic heterocycles. The van der Waals surface area contributed by atoms with E-state index in [2.05, 4.69) is 69.2 Å². The average molecular weight is 987 g/mol. The molecule has 392 valence electrons. The van der Waals surface area contributed by atoms with E-state index in [0.717, 1.165) is 49.7 Å². The van der Waals surface area contributed by atoms with Crippen LogP contribution in [0.2, 0.25) is 0 Å². The maximum atomic E-state index is 15.8. The second-order valence-corrected chi connectivity index (χ2v) is 29.9. The second-order valence-electron chi connectivity index (χ2n) is 29.9. The van der Waals surface area contributed by atoms with Crippen molar-refractivity contribution in [2.24, 2.45) is 100 Å². The molecule has 0 spiro atoms. The van der Waals surface area contributed by atoms with E-state index in [1.54, 1.807) is 0 Å². The van der Waals surface area contributed by atoms with Crippen LogP contribution >= 0.6 is 0 Å². The van der Waals surface area contributed by atoms with Crippen LogP contribution in [-0.2, 0) is 43.0 Å². The van der Waals surface area contributed by atoms with Crippen molar-refractivity contribution in [2.75, 3.05) is 14.2 Å². The molecule has 0 heterocycles. The summed E-state index contributed by atoms with van der Waals surface area (Å²) in [5.74, 6) is -3.03. The highest BCUT2D eigenvalue weighted by molar-refractivity contribution is 6.37. The Labute approximate surface area is 430 Å². The summed E-state index contributed by atoms with van der Waals surface area (Å²) in [5.41, 5.74) is -5.33. The zero-order chi connectivity index (χ0) is 53.0. The lowest BCUT2D eigenvalue weighted by Gasteiger charge is -2.69. The molecular formula is C63H86O9. The number of hydrogen-bond donors (Lipinski definition) is 0. The Morgan fingerprint density at radius 1 is 0.472 bits per heavy atom. The molecule has 10 rings (SSSR count). The number of esters is 2. The van der Waals surface area contributed by atoms with Gasteiger partial charge in [-0.3, -0.25) is 33.6 Å². The molecule has 0 radical (unpaired) electrons. The van der Waals surface area contributed by atoms with Crippen LogP contribution in [0, 0.1) is 100 Å². The first kappa shape index (κ1) is 51.7. The lowest BCUT2D eigenvalue weighted by atomic mass is 9.34. The third-order valence-electron chi connectivity index (χ3n) is 25.2. The molecule has 6 fully saturated rings. The minimum atomic E-state index is -1.00. The van der Waals surface area contributed by atoms with Crippen molar-refractivity contribution in [2.45, 2.75) is 187 Å². The summed E-state index contributed by atoms with van der Waals surface area (Å²) in [6, 6.07) is 0. The van der Waals surface area contributed by atoms with Gasteiger partial charge in [0.05, 0.1) is 36.2 Å². The van der Waals surface area contributed by atoms with Gasteiger partial charge in [-0.2, -0.15) is 0 Å². The summed E-state index contributed by atoms with van der Waals surface area (Å²) in [7, 11) is 2.94. The molecule has 10 aliphatic rings. The summed E-state index contributed by atoms with van der Waals surface area (Å²) in [6.45, 7) is 30.2. The molecule has 0 aromatic carbocycles. The first-order valence-electron chi connectivity index (χ1n) is 27.9. The first-order valence-corrected chi connectivity index (χ1v) is 27.9. The molecule has 0 aromatic rings. The minimum absolute atomic E-state index is 0.00842. The third-order valence-corrected chi connectivity index (χ3v) is 25.2. The Kier molecular flexibility index (Phi) is 10.9. The molecule has 0 unspecified atom stereocenters. The fourth-order valence-corrected chi connectivity index (χ4v) is 20.7. The smallest absolute Gasteiger partial charge is 0.312 e. The number of methoxy groups -OCH3 is 2. The molecule has 0 N–H and O–H groups in total. The molecule has 9 heteroatoms. The number of carbonyl (C=O) groups excluding carboxylic acids is 7. The molecule has 6 saturated carbocycles. The van der Waals surface area contributed by atoms with Gasteiger partial charge in [-0.05, 0) is 158 Å². The maximum absolute atomic E-state index is 15.8. The number of rotatable bonds is 4. The van der Waals surface area contributed by atoms with Gasteiger partial charge in [-0.15, -0.1) is 0 Å². The van der Waals surface area contributed by atoms with Crippen molar-refractivity contribution in [3.05, 3.63) is 46.6 Å². The third kappa shape index (κ3) is 6.14. The van der Waals surface area contributed by atoms with Crippen LogP contribution in [0.15, 0.2) is 46.6 Å². The van der Waals surface area contributed by atoms with Gasteiger partial charge in [0.2, 0.25) is 0 Å². The zero-order valence-electron chi connectivity index (χ0n) is 46.8. The molecular weight excluding hydrogens is 901 g/mol. The standard InChI is InChI=1S/C63H86O9/c1-52(2)21-25-62(50(69)71-15)27-23-60(13)45(37(62)33-52)39(64)29-43-56(9)31-35(48(67)54(5,6)41(56)17-19-58(43,60)11)47(66)36-32-57(10)42(55(7,8)49(36)68)18-20-59(12)44(57)30-40(65)46-38-34-53(3,4)22-26-63(38,51(70)72-16)28-24-61(46,59)14/h29-32,37-38,41-42,45-46H,17-28,33-34H2,1-16H3/t37-,38-,41-,42-,45-,46-,56-,57-,58+,59+,60+,61+,62-,63-/m0/s1. The first-order chi connectivity index (χ1) is 33.1. The number of carbonyl (C=O) groups is 7. The van der Waals surface area contributed by atoms with Crippen LogP contribution in [0.4, 0.5) is 0 Å². The Morgan fingerprint density at radius 3 is 1.14 bits per heavy atom. The normalized spacial score (nSPS) is 47.1. The largest absolute Gasteiger partial charge is 0.469 e. The van der Waals surface area contributed by atoms with E-state index in [1.165, 1.54) is 14.2 Å². The summed E-state index contributed by atoms with van der Waals surface area (Å²) in [4.78, 5) is 105. The molecule has 0 saturated heterocycles. The summed E-state index contributed by atoms with van der Waals surface area (Å²) in [6.07, 6.45) is 17.8. The lowest BCUT2D eigenvalue weighted by Crippen LogP contribution is -2.66. The van der Waals surface area contributed by atoms with Crippen molar-refractivity contribution in [1.82, 2.24) is 0 Å². The van der Waals surface area contributed by atoms with Crippen molar-refractivity contribution in [3.63, 3.8) is 0 Å². The Morgan fingerprint density at radius 2 is 0.806 bits per heavy atom. The summed E-state index contributed by atoms with van der Waals surface area (Å²) >= 11 is 0. The second kappa shape index (κ2) is 15.2. The van der Waals surface area contributed by atoms with Crippen LogP contribution in [-0.4, -0.2) is 55.1 Å². The van der Waals surface area contributed by atoms with Gasteiger partial charge in [-0.1, -0.05) is 120 Å². The number of hydrogen-bond acceptors (Lipinski definition) is 9. The topological polar surface area (TPSA) is 138 Å². The molecule has 9 nitrogen and oxygen atoms in total. The Hall–Kier alpha value is -3.75. The molecule has 72 heavy (non-hydrogen) atoms. The SMILES string of the molecule is COC(=O)[C@]12CCC(C)(C)C[C@H]1[C@H]1C(=O)C=C3[C@@]4(C)C=C(C(=O)C5=C[C@]6(C)C7=CC(=O)[C@@H]8[C@@H]9CC(C)(C)CC[C@]9(C(=O)OC)CC[C@@]8(C)[C@]7(C)CC[C@H]6C(C)(C)C5=O)C(=O)C(C)(C)[C@@H]4CC[C@@]3(C)[C@]1(C)CC2. The van der Waals surface area contributed by atoms with Crippen LogP contribution in [0.1, 0.15) is 187 Å². The molecule has 0 aliphatic heterocycles. The molecule has 0 amide bonds. The lowest BCUT2D eigenvalue weighted by molar-refractivity contribution is -0.192. The maximum Gasteiger partial charge on any atom is 0.312 e. The van der Waals surface area contributed by atoms with E-state index in [-0.39, 0.29) is 92.6 Å².